The van der Waals surface area contributed by atoms with Crippen molar-refractivity contribution in [3.05, 3.63) is 40.4 Å². The van der Waals surface area contributed by atoms with Gasteiger partial charge in [-0.2, -0.15) is 0 Å². The maximum absolute atomic E-state index is 11.6. The fourth-order valence-electron chi connectivity index (χ4n) is 1.43. The molecule has 0 heterocycles. The van der Waals surface area contributed by atoms with Crippen LogP contribution in [0, 0.1) is 0 Å². The van der Waals surface area contributed by atoms with Crippen LogP contribution in [-0.4, -0.2) is 38.2 Å². The lowest BCUT2D eigenvalue weighted by Gasteiger charge is -2.11. The summed E-state index contributed by atoms with van der Waals surface area (Å²) in [7, 11) is 1.54. The molecule has 0 aromatic heterocycles. The standard InChI is InChI=1S/C15H18BrNO4/c1-11(15(19)17-9-10-20-2)21-14(18)8-5-12-3-6-13(16)7-4-12/h3-8,11H,9-10H2,1-2H3,(H,17,19)/b8-5+/t11-/m0/s1. The van der Waals surface area contributed by atoms with Crippen LogP contribution in [0.25, 0.3) is 6.08 Å². The summed E-state index contributed by atoms with van der Waals surface area (Å²) in [5.74, 6) is -0.912. The van der Waals surface area contributed by atoms with Crippen LogP contribution >= 0.6 is 15.9 Å². The summed E-state index contributed by atoms with van der Waals surface area (Å²) in [4.78, 5) is 23.2. The maximum atomic E-state index is 11.6. The van der Waals surface area contributed by atoms with E-state index in [-0.39, 0.29) is 5.91 Å². The van der Waals surface area contributed by atoms with Gasteiger partial charge in [-0.1, -0.05) is 28.1 Å². The van der Waals surface area contributed by atoms with Gasteiger partial charge in [-0.15, -0.1) is 0 Å². The van der Waals surface area contributed by atoms with E-state index in [4.69, 9.17) is 9.47 Å². The molecule has 114 valence electrons. The number of carbonyl (C=O) groups excluding carboxylic acids is 2. The minimum atomic E-state index is -0.844. The Morgan fingerprint density at radius 2 is 2.00 bits per heavy atom. The molecule has 6 heteroatoms. The molecule has 1 atom stereocenters. The molecular weight excluding hydrogens is 338 g/mol. The highest BCUT2D eigenvalue weighted by Gasteiger charge is 2.15. The largest absolute Gasteiger partial charge is 0.449 e. The summed E-state index contributed by atoms with van der Waals surface area (Å²) in [5.41, 5.74) is 0.868. The van der Waals surface area contributed by atoms with Crippen molar-refractivity contribution in [2.75, 3.05) is 20.3 Å². The first kappa shape index (κ1) is 17.4. The van der Waals surface area contributed by atoms with E-state index < -0.39 is 12.1 Å². The highest BCUT2D eigenvalue weighted by molar-refractivity contribution is 9.10. The number of nitrogens with one attached hydrogen (secondary N) is 1. The number of rotatable bonds is 7. The van der Waals surface area contributed by atoms with Crippen molar-refractivity contribution < 1.29 is 19.1 Å². The molecule has 0 saturated heterocycles. The number of methoxy groups -OCH3 is 1. The molecule has 0 aliphatic rings. The van der Waals surface area contributed by atoms with Crippen LogP contribution in [0.15, 0.2) is 34.8 Å². The van der Waals surface area contributed by atoms with Gasteiger partial charge in [0.25, 0.3) is 5.91 Å². The first-order valence-electron chi connectivity index (χ1n) is 6.44. The molecule has 1 rings (SSSR count). The molecule has 0 spiro atoms. The van der Waals surface area contributed by atoms with Gasteiger partial charge in [-0.3, -0.25) is 4.79 Å². The second-order valence-corrected chi connectivity index (χ2v) is 5.16. The molecule has 0 bridgehead atoms. The molecule has 0 aliphatic carbocycles. The lowest BCUT2D eigenvalue weighted by atomic mass is 10.2. The molecule has 0 fully saturated rings. The summed E-state index contributed by atoms with van der Waals surface area (Å²) in [6.07, 6.45) is 2.08. The fraction of sp³-hybridized carbons (Fsp3) is 0.333. The minimum Gasteiger partial charge on any atom is -0.449 e. The number of esters is 1. The van der Waals surface area contributed by atoms with Crippen molar-refractivity contribution in [1.29, 1.82) is 0 Å². The Bertz CT molecular complexity index is 499. The summed E-state index contributed by atoms with van der Waals surface area (Å²) in [6.45, 7) is 2.31. The second-order valence-electron chi connectivity index (χ2n) is 4.25. The first-order chi connectivity index (χ1) is 10.0. The van der Waals surface area contributed by atoms with Gasteiger partial charge >= 0.3 is 5.97 Å². The average Bonchev–Trinajstić information content (AvgIpc) is 2.46. The molecule has 1 N–H and O–H groups in total. The van der Waals surface area contributed by atoms with Crippen molar-refractivity contribution in [3.8, 4) is 0 Å². The number of benzene rings is 1. The van der Waals surface area contributed by atoms with Gasteiger partial charge in [0.05, 0.1) is 6.61 Å². The number of hydrogen-bond acceptors (Lipinski definition) is 4. The predicted molar refractivity (Wildman–Crippen MR) is 83.6 cm³/mol. The monoisotopic (exact) mass is 355 g/mol. The summed E-state index contributed by atoms with van der Waals surface area (Å²) >= 11 is 3.33. The molecule has 0 radical (unpaired) electrons. The van der Waals surface area contributed by atoms with Crippen LogP contribution < -0.4 is 5.32 Å². The predicted octanol–water partition coefficient (Wildman–Crippen LogP) is 2.16. The number of amides is 1. The molecule has 0 aliphatic heterocycles. The Labute approximate surface area is 132 Å². The van der Waals surface area contributed by atoms with Crippen LogP contribution in [0.4, 0.5) is 0 Å². The quantitative estimate of drug-likeness (QED) is 0.462. The van der Waals surface area contributed by atoms with E-state index in [1.807, 2.05) is 24.3 Å². The fourth-order valence-corrected chi connectivity index (χ4v) is 1.69. The SMILES string of the molecule is COCCNC(=O)[C@H](C)OC(=O)/C=C/c1ccc(Br)cc1. The van der Waals surface area contributed by atoms with E-state index in [1.165, 1.54) is 13.0 Å². The Hall–Kier alpha value is -1.66. The van der Waals surface area contributed by atoms with Crippen LogP contribution in [0.2, 0.25) is 0 Å². The van der Waals surface area contributed by atoms with Gasteiger partial charge in [-0.05, 0) is 30.7 Å². The lowest BCUT2D eigenvalue weighted by Crippen LogP contribution is -2.37. The third-order valence-electron chi connectivity index (χ3n) is 2.55. The molecule has 1 aromatic rings. The van der Waals surface area contributed by atoms with Gasteiger partial charge in [0, 0.05) is 24.2 Å². The van der Waals surface area contributed by atoms with Gasteiger partial charge in [0.1, 0.15) is 0 Å². The van der Waals surface area contributed by atoms with Crippen LogP contribution in [-0.2, 0) is 19.1 Å². The highest BCUT2D eigenvalue weighted by Crippen LogP contribution is 2.11. The summed E-state index contributed by atoms with van der Waals surface area (Å²) in [6, 6.07) is 7.46. The smallest absolute Gasteiger partial charge is 0.331 e. The molecule has 1 amide bonds. The molecule has 5 nitrogen and oxygen atoms in total. The normalized spacial score (nSPS) is 12.1. The van der Waals surface area contributed by atoms with Crippen LogP contribution in [0.3, 0.4) is 0 Å². The second kappa shape index (κ2) is 9.31. The molecule has 1 aromatic carbocycles. The number of carbonyl (C=O) groups is 2. The van der Waals surface area contributed by atoms with Crippen molar-refractivity contribution in [1.82, 2.24) is 5.32 Å². The zero-order chi connectivity index (χ0) is 15.7. The Morgan fingerprint density at radius 3 is 2.62 bits per heavy atom. The lowest BCUT2D eigenvalue weighted by molar-refractivity contribution is -0.150. The molecule has 0 saturated carbocycles. The Balaban J connectivity index is 2.41. The average molecular weight is 356 g/mol. The number of ether oxygens (including phenoxy) is 2. The number of halogens is 1. The Kier molecular flexibility index (Phi) is 7.71. The van der Waals surface area contributed by atoms with E-state index in [9.17, 15) is 9.59 Å². The molecule has 21 heavy (non-hydrogen) atoms. The van der Waals surface area contributed by atoms with Gasteiger partial charge in [0.2, 0.25) is 0 Å². The number of hydrogen-bond donors (Lipinski definition) is 1. The van der Waals surface area contributed by atoms with Gasteiger partial charge < -0.3 is 14.8 Å². The summed E-state index contributed by atoms with van der Waals surface area (Å²) in [5, 5.41) is 2.60. The maximum Gasteiger partial charge on any atom is 0.331 e. The third kappa shape index (κ3) is 7.06. The Morgan fingerprint density at radius 1 is 1.33 bits per heavy atom. The van der Waals surface area contributed by atoms with E-state index in [2.05, 4.69) is 21.2 Å². The van der Waals surface area contributed by atoms with E-state index in [0.29, 0.717) is 13.2 Å². The van der Waals surface area contributed by atoms with Crippen LogP contribution in [0.5, 0.6) is 0 Å². The van der Waals surface area contributed by atoms with Crippen LogP contribution in [0.1, 0.15) is 12.5 Å². The van der Waals surface area contributed by atoms with Gasteiger partial charge in [-0.25, -0.2) is 4.79 Å². The first-order valence-corrected chi connectivity index (χ1v) is 7.23. The van der Waals surface area contributed by atoms with Crippen molar-refractivity contribution in [2.45, 2.75) is 13.0 Å². The van der Waals surface area contributed by atoms with E-state index in [0.717, 1.165) is 10.0 Å². The van der Waals surface area contributed by atoms with E-state index >= 15 is 0 Å². The third-order valence-corrected chi connectivity index (χ3v) is 3.08. The van der Waals surface area contributed by atoms with E-state index in [1.54, 1.807) is 13.2 Å². The minimum absolute atomic E-state index is 0.350. The van der Waals surface area contributed by atoms with Crippen molar-refractivity contribution in [2.24, 2.45) is 0 Å². The topological polar surface area (TPSA) is 64.6 Å². The highest BCUT2D eigenvalue weighted by atomic mass is 79.9. The zero-order valence-corrected chi connectivity index (χ0v) is 13.6. The zero-order valence-electron chi connectivity index (χ0n) is 12.0. The van der Waals surface area contributed by atoms with Gasteiger partial charge in [0.15, 0.2) is 6.10 Å². The molecule has 0 unspecified atom stereocenters. The molecular formula is C15H18BrNO4. The van der Waals surface area contributed by atoms with Crippen molar-refractivity contribution in [3.63, 3.8) is 0 Å². The summed E-state index contributed by atoms with van der Waals surface area (Å²) < 4.78 is 10.8. The van der Waals surface area contributed by atoms with Crippen molar-refractivity contribution >= 4 is 33.9 Å².